The smallest absolute Gasteiger partial charge is 0.234 e. The molecule has 2 aromatic carbocycles. The summed E-state index contributed by atoms with van der Waals surface area (Å²) in [4.78, 5) is 15.8. The van der Waals surface area contributed by atoms with Crippen LogP contribution in [0.25, 0.3) is 0 Å². The van der Waals surface area contributed by atoms with Crippen LogP contribution >= 0.6 is 23.4 Å². The van der Waals surface area contributed by atoms with Gasteiger partial charge >= 0.3 is 0 Å². The van der Waals surface area contributed by atoms with E-state index in [2.05, 4.69) is 0 Å². The van der Waals surface area contributed by atoms with Gasteiger partial charge < -0.3 is 9.80 Å². The number of carbonyl (C=O) groups is 1. The number of anilines is 1. The number of benzene rings is 2. The molecule has 1 amide bonds. The first kappa shape index (κ1) is 18.0. The maximum atomic E-state index is 13.4. The van der Waals surface area contributed by atoms with Crippen LogP contribution in [0.5, 0.6) is 0 Å². The molecule has 1 atom stereocenters. The summed E-state index contributed by atoms with van der Waals surface area (Å²) < 4.78 is 26.9. The summed E-state index contributed by atoms with van der Waals surface area (Å²) in [5.74, 6) is -1.07. The summed E-state index contributed by atoms with van der Waals surface area (Å²) in [5, 5.41) is 0.288. The summed E-state index contributed by atoms with van der Waals surface area (Å²) in [6, 6.07) is 8.98. The lowest BCUT2D eigenvalue weighted by Gasteiger charge is -2.26. The Labute approximate surface area is 154 Å². The second kappa shape index (κ2) is 7.22. The lowest BCUT2D eigenvalue weighted by atomic mass is 10.1. The summed E-state index contributed by atoms with van der Waals surface area (Å²) in [5.41, 5.74) is 2.20. The molecular formula is C18H17ClF2N2OS. The van der Waals surface area contributed by atoms with Crippen molar-refractivity contribution in [1.82, 2.24) is 4.90 Å². The van der Waals surface area contributed by atoms with Crippen molar-refractivity contribution in [2.75, 3.05) is 24.7 Å². The molecule has 1 unspecified atom stereocenters. The van der Waals surface area contributed by atoms with E-state index in [9.17, 15) is 13.6 Å². The van der Waals surface area contributed by atoms with E-state index >= 15 is 0 Å². The number of carbonyl (C=O) groups excluding carboxylic acids is 1. The van der Waals surface area contributed by atoms with Gasteiger partial charge in [0, 0.05) is 43.0 Å². The van der Waals surface area contributed by atoms with Crippen molar-refractivity contribution in [3.8, 4) is 0 Å². The highest BCUT2D eigenvalue weighted by atomic mass is 35.5. The first-order valence-corrected chi connectivity index (χ1v) is 9.10. The molecule has 2 aromatic rings. The van der Waals surface area contributed by atoms with Gasteiger partial charge in [-0.05, 0) is 29.8 Å². The Hall–Kier alpha value is -1.79. The Bertz CT molecular complexity index is 795. The fraction of sp³-hybridized carbons (Fsp3) is 0.278. The molecule has 1 aliphatic rings. The van der Waals surface area contributed by atoms with Crippen molar-refractivity contribution >= 4 is 35.0 Å². The molecule has 1 aliphatic heterocycles. The SMILES string of the molecule is CN(C)c1ccc(C2SCC(=O)N2Cc2cc(F)cc(F)c2)c(Cl)c1. The second-order valence-electron chi connectivity index (χ2n) is 6.06. The molecule has 0 spiro atoms. The van der Waals surface area contributed by atoms with E-state index in [4.69, 9.17) is 11.6 Å². The third-order valence-electron chi connectivity index (χ3n) is 4.01. The molecule has 1 fully saturated rings. The number of hydrogen-bond acceptors (Lipinski definition) is 3. The van der Waals surface area contributed by atoms with Crippen molar-refractivity contribution in [3.63, 3.8) is 0 Å². The molecule has 3 rings (SSSR count). The van der Waals surface area contributed by atoms with Gasteiger partial charge in [0.15, 0.2) is 0 Å². The summed E-state index contributed by atoms with van der Waals surface area (Å²) >= 11 is 7.88. The third kappa shape index (κ3) is 3.90. The average Bonchev–Trinajstić information content (AvgIpc) is 2.87. The normalized spacial score (nSPS) is 17.2. The molecule has 0 saturated carbocycles. The predicted octanol–water partition coefficient (Wildman–Crippen LogP) is 4.46. The monoisotopic (exact) mass is 382 g/mol. The molecule has 7 heteroatoms. The Morgan fingerprint density at radius 1 is 1.20 bits per heavy atom. The molecule has 1 heterocycles. The maximum absolute atomic E-state index is 13.4. The van der Waals surface area contributed by atoms with E-state index in [-0.39, 0.29) is 17.8 Å². The van der Waals surface area contributed by atoms with Crippen LogP contribution in [0.1, 0.15) is 16.5 Å². The largest absolute Gasteiger partial charge is 0.378 e. The minimum Gasteiger partial charge on any atom is -0.378 e. The van der Waals surface area contributed by atoms with Gasteiger partial charge in [0.2, 0.25) is 5.91 Å². The number of hydrogen-bond donors (Lipinski definition) is 0. The van der Waals surface area contributed by atoms with Crippen molar-refractivity contribution in [2.24, 2.45) is 0 Å². The van der Waals surface area contributed by atoms with Crippen molar-refractivity contribution in [2.45, 2.75) is 11.9 Å². The first-order valence-electron chi connectivity index (χ1n) is 7.68. The zero-order valence-corrected chi connectivity index (χ0v) is 15.4. The van der Waals surface area contributed by atoms with Crippen LogP contribution in [-0.2, 0) is 11.3 Å². The fourth-order valence-electron chi connectivity index (χ4n) is 2.78. The zero-order chi connectivity index (χ0) is 18.1. The second-order valence-corrected chi connectivity index (χ2v) is 7.54. The van der Waals surface area contributed by atoms with Crippen LogP contribution in [0.4, 0.5) is 14.5 Å². The van der Waals surface area contributed by atoms with E-state index < -0.39 is 11.6 Å². The molecule has 0 aromatic heterocycles. The molecule has 0 bridgehead atoms. The third-order valence-corrected chi connectivity index (χ3v) is 5.57. The minimum absolute atomic E-state index is 0.0765. The standard InChI is InChI=1S/C18H17ClF2N2OS/c1-22(2)14-3-4-15(16(19)8-14)18-23(17(24)10-25-18)9-11-5-12(20)7-13(21)6-11/h3-8,18H,9-10H2,1-2H3. The highest BCUT2D eigenvalue weighted by Crippen LogP contribution is 2.43. The van der Waals surface area contributed by atoms with Gasteiger partial charge in [-0.25, -0.2) is 8.78 Å². The lowest BCUT2D eigenvalue weighted by molar-refractivity contribution is -0.128. The highest BCUT2D eigenvalue weighted by molar-refractivity contribution is 8.00. The van der Waals surface area contributed by atoms with E-state index in [0.29, 0.717) is 16.3 Å². The van der Waals surface area contributed by atoms with Gasteiger partial charge in [-0.15, -0.1) is 11.8 Å². The Morgan fingerprint density at radius 3 is 2.48 bits per heavy atom. The summed E-state index contributed by atoms with van der Waals surface area (Å²) in [6.45, 7) is 0.136. The topological polar surface area (TPSA) is 23.6 Å². The van der Waals surface area contributed by atoms with E-state index in [1.807, 2.05) is 37.2 Å². The Morgan fingerprint density at radius 2 is 1.88 bits per heavy atom. The van der Waals surface area contributed by atoms with Gasteiger partial charge in [-0.3, -0.25) is 4.79 Å². The highest BCUT2D eigenvalue weighted by Gasteiger charge is 2.34. The van der Waals surface area contributed by atoms with Gasteiger partial charge in [0.05, 0.1) is 5.75 Å². The molecule has 132 valence electrons. The van der Waals surface area contributed by atoms with Crippen LogP contribution in [-0.4, -0.2) is 30.7 Å². The average molecular weight is 383 g/mol. The lowest BCUT2D eigenvalue weighted by Crippen LogP contribution is -2.28. The van der Waals surface area contributed by atoms with Crippen LogP contribution < -0.4 is 4.90 Å². The van der Waals surface area contributed by atoms with Gasteiger partial charge in [-0.1, -0.05) is 17.7 Å². The summed E-state index contributed by atoms with van der Waals surface area (Å²) in [6.07, 6.45) is 0. The first-order chi connectivity index (χ1) is 11.8. The number of amides is 1. The number of thioether (sulfide) groups is 1. The molecule has 1 saturated heterocycles. The fourth-order valence-corrected chi connectivity index (χ4v) is 4.34. The maximum Gasteiger partial charge on any atom is 0.234 e. The summed E-state index contributed by atoms with van der Waals surface area (Å²) in [7, 11) is 3.84. The molecule has 3 nitrogen and oxygen atoms in total. The van der Waals surface area contributed by atoms with Crippen molar-refractivity contribution in [1.29, 1.82) is 0 Å². The molecule has 0 radical (unpaired) electrons. The predicted molar refractivity (Wildman–Crippen MR) is 97.9 cm³/mol. The Balaban J connectivity index is 1.89. The number of halogens is 3. The van der Waals surface area contributed by atoms with E-state index in [1.54, 1.807) is 4.90 Å². The quantitative estimate of drug-likeness (QED) is 0.780. The Kier molecular flexibility index (Phi) is 5.20. The molecular weight excluding hydrogens is 366 g/mol. The van der Waals surface area contributed by atoms with Crippen LogP contribution in [0.2, 0.25) is 5.02 Å². The van der Waals surface area contributed by atoms with Gasteiger partial charge in [-0.2, -0.15) is 0 Å². The minimum atomic E-state index is -0.654. The molecule has 0 N–H and O–H groups in total. The van der Waals surface area contributed by atoms with Crippen LogP contribution in [0.15, 0.2) is 36.4 Å². The van der Waals surface area contributed by atoms with Crippen LogP contribution in [0, 0.1) is 11.6 Å². The van der Waals surface area contributed by atoms with Crippen LogP contribution in [0.3, 0.4) is 0 Å². The van der Waals surface area contributed by atoms with Gasteiger partial charge in [0.1, 0.15) is 17.0 Å². The van der Waals surface area contributed by atoms with Crippen molar-refractivity contribution < 1.29 is 13.6 Å². The van der Waals surface area contributed by atoms with Gasteiger partial charge in [0.25, 0.3) is 0 Å². The molecule has 0 aliphatic carbocycles. The van der Waals surface area contributed by atoms with Crippen molar-refractivity contribution in [3.05, 3.63) is 64.2 Å². The van der Waals surface area contributed by atoms with E-state index in [1.165, 1.54) is 23.9 Å². The zero-order valence-electron chi connectivity index (χ0n) is 13.8. The number of rotatable bonds is 4. The van der Waals surface area contributed by atoms with E-state index in [0.717, 1.165) is 17.3 Å². The number of nitrogens with zero attached hydrogens (tertiary/aromatic N) is 2. The molecule has 25 heavy (non-hydrogen) atoms.